The molecule has 0 aromatic carbocycles. The highest BCUT2D eigenvalue weighted by molar-refractivity contribution is 9.10. The van der Waals surface area contributed by atoms with Crippen LogP contribution in [0.15, 0.2) is 16.7 Å². The molecule has 0 bridgehead atoms. The van der Waals surface area contributed by atoms with Crippen molar-refractivity contribution in [1.82, 2.24) is 15.0 Å². The summed E-state index contributed by atoms with van der Waals surface area (Å²) in [6, 6.07) is 1.70. The van der Waals surface area contributed by atoms with Gasteiger partial charge in [0.2, 0.25) is 5.95 Å². The number of fused-ring (bicyclic) bond motifs is 1. The van der Waals surface area contributed by atoms with Gasteiger partial charge in [0, 0.05) is 21.7 Å². The smallest absolute Gasteiger partial charge is 0.223 e. The minimum absolute atomic E-state index is 0.113. The second-order valence-electron chi connectivity index (χ2n) is 4.42. The summed E-state index contributed by atoms with van der Waals surface area (Å²) >= 11 is 3.29. The van der Waals surface area contributed by atoms with Crippen LogP contribution in [0.2, 0.25) is 0 Å². The van der Waals surface area contributed by atoms with E-state index in [9.17, 15) is 0 Å². The van der Waals surface area contributed by atoms with Gasteiger partial charge in [-0.25, -0.2) is 9.97 Å². The maximum absolute atomic E-state index is 5.63. The fourth-order valence-electron chi connectivity index (χ4n) is 1.50. The standard InChI is InChI=1S/C9H3B6BrN4/c10-8(11,12)5-4(16)1-3-2-17-7(19-6(3)18-5)20-9(13,14)15/h1-2H,(H,17,18,19,20). The molecule has 0 aliphatic carbocycles. The third-order valence-electron chi connectivity index (χ3n) is 2.26. The van der Waals surface area contributed by atoms with Crippen molar-refractivity contribution >= 4 is 80.0 Å². The Balaban J connectivity index is 2.54. The van der Waals surface area contributed by atoms with Crippen molar-refractivity contribution in [3.63, 3.8) is 0 Å². The lowest BCUT2D eigenvalue weighted by atomic mass is 9.41. The summed E-state index contributed by atoms with van der Waals surface area (Å²) in [7, 11) is 33.1. The molecule has 2 rings (SSSR count). The summed E-state index contributed by atoms with van der Waals surface area (Å²) in [4.78, 5) is 12.3. The first-order valence-corrected chi connectivity index (χ1v) is 6.21. The topological polar surface area (TPSA) is 50.7 Å². The number of hydrogen-bond donors (Lipinski definition) is 1. The molecule has 0 fully saturated rings. The number of anilines is 1. The van der Waals surface area contributed by atoms with E-state index in [4.69, 9.17) is 47.1 Å². The molecule has 0 saturated heterocycles. The third kappa shape index (κ3) is 3.62. The summed E-state index contributed by atoms with van der Waals surface area (Å²) in [5.41, 5.74) is 0.560. The molecule has 1 N–H and O–H groups in total. The first kappa shape index (κ1) is 15.5. The maximum Gasteiger partial charge on any atom is 0.223 e. The van der Waals surface area contributed by atoms with Crippen LogP contribution in [-0.4, -0.2) is 67.3 Å². The fraction of sp³-hybridized carbons (Fsp3) is 0.222. The zero-order valence-corrected chi connectivity index (χ0v) is 11.9. The Kier molecular flexibility index (Phi) is 4.02. The first-order valence-electron chi connectivity index (χ1n) is 5.41. The molecule has 2 heterocycles. The van der Waals surface area contributed by atoms with Crippen LogP contribution >= 0.6 is 15.9 Å². The second-order valence-corrected chi connectivity index (χ2v) is 5.27. The van der Waals surface area contributed by atoms with E-state index >= 15 is 0 Å². The minimum atomic E-state index is -1.65. The van der Waals surface area contributed by atoms with Crippen molar-refractivity contribution in [2.75, 3.05) is 5.32 Å². The monoisotopic (exact) mass is 312 g/mol. The first-order chi connectivity index (χ1) is 9.06. The van der Waals surface area contributed by atoms with Crippen molar-refractivity contribution < 1.29 is 0 Å². The van der Waals surface area contributed by atoms with Gasteiger partial charge >= 0.3 is 0 Å². The Morgan fingerprint density at radius 2 is 1.70 bits per heavy atom. The average molecular weight is 312 g/mol. The average Bonchev–Trinajstić information content (AvgIpc) is 2.25. The number of hydrogen-bond acceptors (Lipinski definition) is 4. The van der Waals surface area contributed by atoms with E-state index in [1.807, 2.05) is 0 Å². The van der Waals surface area contributed by atoms with Crippen LogP contribution in [0, 0.1) is 0 Å². The highest BCUT2D eigenvalue weighted by Crippen LogP contribution is 2.25. The normalized spacial score (nSPS) is 12.4. The van der Waals surface area contributed by atoms with E-state index in [1.54, 1.807) is 6.07 Å². The molecule has 2 aromatic heterocycles. The van der Waals surface area contributed by atoms with Gasteiger partial charge in [-0.05, 0) is 22.0 Å². The van der Waals surface area contributed by atoms with Crippen molar-refractivity contribution in [3.8, 4) is 0 Å². The summed E-state index contributed by atoms with van der Waals surface area (Å²) in [6.45, 7) is 0. The predicted molar refractivity (Wildman–Crippen MR) is 87.6 cm³/mol. The fourth-order valence-corrected chi connectivity index (χ4v) is 2.17. The Morgan fingerprint density at radius 1 is 1.05 bits per heavy atom. The molecule has 0 spiro atoms. The summed E-state index contributed by atoms with van der Waals surface area (Å²) in [5, 5.41) is -0.0966. The number of rotatable bonds is 3. The number of aromatic nitrogens is 3. The molecule has 0 aliphatic rings. The SMILES string of the molecule is [B]C([B])([B])Nc1ncc2cc(Br)c(C([B])([B])[B])nc2n1. The molecule has 2 aromatic rings. The number of nitrogens with zero attached hydrogens (tertiary/aromatic N) is 3. The number of halogens is 1. The van der Waals surface area contributed by atoms with E-state index < -0.39 is 10.4 Å². The van der Waals surface area contributed by atoms with Gasteiger partial charge in [-0.1, -0.05) is 10.4 Å². The van der Waals surface area contributed by atoms with Gasteiger partial charge in [-0.2, -0.15) is 4.98 Å². The Morgan fingerprint density at radius 3 is 2.25 bits per heavy atom. The van der Waals surface area contributed by atoms with Crippen LogP contribution in [0.25, 0.3) is 11.0 Å². The molecule has 0 atom stereocenters. The number of nitrogens with one attached hydrogen (secondary N) is 1. The van der Waals surface area contributed by atoms with Gasteiger partial charge < -0.3 is 5.32 Å². The van der Waals surface area contributed by atoms with Crippen molar-refractivity contribution in [1.29, 1.82) is 0 Å². The zero-order valence-electron chi connectivity index (χ0n) is 10.3. The Bertz CT molecular complexity index is 653. The summed E-state index contributed by atoms with van der Waals surface area (Å²) in [6.07, 6.45) is 1.52. The summed E-state index contributed by atoms with van der Waals surface area (Å²) in [5.74, 6) is 0.113. The number of pyridine rings is 1. The highest BCUT2D eigenvalue weighted by Gasteiger charge is 2.19. The van der Waals surface area contributed by atoms with Gasteiger partial charge in [0.05, 0.1) is 47.1 Å². The molecule has 84 valence electrons. The lowest BCUT2D eigenvalue weighted by Gasteiger charge is -2.23. The zero-order chi connectivity index (χ0) is 15.1. The molecule has 0 amide bonds. The summed E-state index contributed by atoms with van der Waals surface area (Å²) < 4.78 is 0.549. The van der Waals surface area contributed by atoms with Crippen molar-refractivity contribution in [3.05, 3.63) is 22.4 Å². The molecular formula is C9H3B6BrN4. The van der Waals surface area contributed by atoms with Gasteiger partial charge in [0.25, 0.3) is 0 Å². The Hall–Kier alpha value is -0.840. The molecule has 12 radical (unpaired) electrons. The third-order valence-corrected chi connectivity index (χ3v) is 2.87. The van der Waals surface area contributed by atoms with Gasteiger partial charge in [-0.3, -0.25) is 0 Å². The van der Waals surface area contributed by atoms with Crippen LogP contribution in [0.3, 0.4) is 0 Å². The molecule has 11 heteroatoms. The van der Waals surface area contributed by atoms with E-state index in [0.717, 1.165) is 0 Å². The van der Waals surface area contributed by atoms with Crippen LogP contribution in [0.1, 0.15) is 5.69 Å². The highest BCUT2D eigenvalue weighted by atomic mass is 79.9. The quantitative estimate of drug-likeness (QED) is 0.734. The predicted octanol–water partition coefficient (Wildman–Crippen LogP) is -1.07. The minimum Gasteiger partial charge on any atom is -0.374 e. The van der Waals surface area contributed by atoms with E-state index in [1.165, 1.54) is 6.20 Å². The van der Waals surface area contributed by atoms with Crippen LogP contribution < -0.4 is 5.32 Å². The molecule has 0 saturated carbocycles. The van der Waals surface area contributed by atoms with Gasteiger partial charge in [-0.15, -0.1) is 0 Å². The molecule has 4 nitrogen and oxygen atoms in total. The molecule has 0 unspecified atom stereocenters. The van der Waals surface area contributed by atoms with Crippen molar-refractivity contribution in [2.24, 2.45) is 0 Å². The second kappa shape index (κ2) is 5.17. The van der Waals surface area contributed by atoms with E-state index in [-0.39, 0.29) is 11.6 Å². The lowest BCUT2D eigenvalue weighted by Crippen LogP contribution is -2.40. The molecule has 0 aliphatic heterocycles. The molecular weight excluding hydrogens is 309 g/mol. The largest absolute Gasteiger partial charge is 0.374 e. The van der Waals surface area contributed by atoms with Crippen LogP contribution in [-0.2, 0) is 5.11 Å². The van der Waals surface area contributed by atoms with Gasteiger partial charge in [0.15, 0.2) is 5.65 Å². The van der Waals surface area contributed by atoms with Crippen molar-refractivity contribution in [2.45, 2.75) is 10.4 Å². The van der Waals surface area contributed by atoms with Crippen LogP contribution in [0.5, 0.6) is 0 Å². The molecule has 20 heavy (non-hydrogen) atoms. The maximum atomic E-state index is 5.63. The van der Waals surface area contributed by atoms with Crippen LogP contribution in [0.4, 0.5) is 5.95 Å². The Labute approximate surface area is 133 Å². The van der Waals surface area contributed by atoms with E-state index in [0.29, 0.717) is 15.5 Å². The lowest BCUT2D eigenvalue weighted by molar-refractivity contribution is 1.05. The van der Waals surface area contributed by atoms with E-state index in [2.05, 4.69) is 36.2 Å². The van der Waals surface area contributed by atoms with Gasteiger partial charge in [0.1, 0.15) is 0 Å².